The summed E-state index contributed by atoms with van der Waals surface area (Å²) in [6, 6.07) is 2.06. The van der Waals surface area contributed by atoms with Crippen molar-refractivity contribution in [1.29, 1.82) is 0 Å². The van der Waals surface area contributed by atoms with Gasteiger partial charge in [0.25, 0.3) is 0 Å². The van der Waals surface area contributed by atoms with Gasteiger partial charge in [0.05, 0.1) is 11.8 Å². The molecule has 1 aromatic rings. The van der Waals surface area contributed by atoms with Crippen LogP contribution in [-0.4, -0.2) is 29.5 Å². The average Bonchev–Trinajstić information content (AvgIpc) is 2.16. The number of nitrogens with zero attached hydrogens (tertiary/aromatic N) is 2. The summed E-state index contributed by atoms with van der Waals surface area (Å²) in [7, 11) is 1.72. The fraction of sp³-hybridized carbons (Fsp3) is 0.556. The molecule has 0 radical (unpaired) electrons. The van der Waals surface area contributed by atoms with Crippen LogP contribution in [0.5, 0.6) is 0 Å². The lowest BCUT2D eigenvalue weighted by Gasteiger charge is -2.35. The highest BCUT2D eigenvalue weighted by Crippen LogP contribution is 2.29. The van der Waals surface area contributed by atoms with Crippen LogP contribution in [0.4, 0.5) is 5.69 Å². The van der Waals surface area contributed by atoms with E-state index < -0.39 is 0 Å². The van der Waals surface area contributed by atoms with Gasteiger partial charge in [0.2, 0.25) is 0 Å². The number of hydrogen-bond acceptors (Lipinski definition) is 4. The van der Waals surface area contributed by atoms with Crippen molar-refractivity contribution >= 4 is 28.9 Å². The van der Waals surface area contributed by atoms with Gasteiger partial charge in [-0.25, -0.2) is 0 Å². The van der Waals surface area contributed by atoms with Gasteiger partial charge in [0.15, 0.2) is 10.3 Å². The van der Waals surface area contributed by atoms with E-state index in [1.54, 1.807) is 13.2 Å². The van der Waals surface area contributed by atoms with E-state index in [0.717, 1.165) is 18.5 Å². The zero-order valence-electron chi connectivity index (χ0n) is 8.20. The number of methoxy groups -OCH3 is 1. The quantitative estimate of drug-likeness (QED) is 0.891. The lowest BCUT2D eigenvalue weighted by Crippen LogP contribution is -2.40. The summed E-state index contributed by atoms with van der Waals surface area (Å²) >= 11 is 11.6. The number of halogens is 2. The van der Waals surface area contributed by atoms with Crippen LogP contribution in [-0.2, 0) is 4.74 Å². The molecule has 0 bridgehead atoms. The van der Waals surface area contributed by atoms with E-state index in [0.29, 0.717) is 22.5 Å². The van der Waals surface area contributed by atoms with Crippen molar-refractivity contribution in [2.24, 2.45) is 0 Å². The van der Waals surface area contributed by atoms with Crippen molar-refractivity contribution in [3.8, 4) is 0 Å². The number of anilines is 1. The van der Waals surface area contributed by atoms with Crippen molar-refractivity contribution in [1.82, 2.24) is 10.2 Å². The van der Waals surface area contributed by atoms with Crippen LogP contribution < -0.4 is 5.32 Å². The smallest absolute Gasteiger partial charge is 0.174 e. The fourth-order valence-corrected chi connectivity index (χ4v) is 1.84. The van der Waals surface area contributed by atoms with E-state index in [-0.39, 0.29) is 0 Å². The van der Waals surface area contributed by atoms with Gasteiger partial charge in [0, 0.05) is 19.2 Å². The molecule has 0 unspecified atom stereocenters. The van der Waals surface area contributed by atoms with Crippen molar-refractivity contribution in [2.45, 2.75) is 25.0 Å². The predicted octanol–water partition coefficient (Wildman–Crippen LogP) is 2.37. The second-order valence-electron chi connectivity index (χ2n) is 3.54. The number of rotatable bonds is 3. The third-order valence-corrected chi connectivity index (χ3v) is 2.97. The molecule has 1 aliphatic rings. The van der Waals surface area contributed by atoms with Crippen molar-refractivity contribution < 1.29 is 4.74 Å². The van der Waals surface area contributed by atoms with E-state index in [9.17, 15) is 0 Å². The van der Waals surface area contributed by atoms with Crippen LogP contribution >= 0.6 is 23.2 Å². The SMILES string of the molecule is COC1CC(Nc2cc(Cl)nnc2Cl)C1. The summed E-state index contributed by atoms with van der Waals surface area (Å²) in [5, 5.41) is 11.3. The summed E-state index contributed by atoms with van der Waals surface area (Å²) in [4.78, 5) is 0. The Balaban J connectivity index is 1.97. The highest BCUT2D eigenvalue weighted by Gasteiger charge is 2.29. The van der Waals surface area contributed by atoms with Gasteiger partial charge >= 0.3 is 0 Å². The van der Waals surface area contributed by atoms with E-state index in [4.69, 9.17) is 27.9 Å². The third-order valence-electron chi connectivity index (χ3n) is 2.51. The maximum atomic E-state index is 5.87. The molecule has 0 aliphatic heterocycles. The average molecular weight is 248 g/mol. The molecule has 15 heavy (non-hydrogen) atoms. The molecule has 4 nitrogen and oxygen atoms in total. The molecule has 1 N–H and O–H groups in total. The van der Waals surface area contributed by atoms with Gasteiger partial charge in [-0.1, -0.05) is 23.2 Å². The normalized spacial score (nSPS) is 24.7. The third kappa shape index (κ3) is 2.51. The van der Waals surface area contributed by atoms with Crippen LogP contribution in [0.1, 0.15) is 12.8 Å². The number of aromatic nitrogens is 2. The Kier molecular flexibility index (Phi) is 3.29. The summed E-state index contributed by atoms with van der Waals surface area (Å²) < 4.78 is 5.18. The lowest BCUT2D eigenvalue weighted by molar-refractivity contribution is 0.0328. The zero-order valence-corrected chi connectivity index (χ0v) is 9.72. The highest BCUT2D eigenvalue weighted by atomic mass is 35.5. The second-order valence-corrected chi connectivity index (χ2v) is 4.29. The molecule has 1 aromatic heterocycles. The van der Waals surface area contributed by atoms with E-state index in [2.05, 4.69) is 15.5 Å². The molecule has 1 saturated carbocycles. The van der Waals surface area contributed by atoms with Crippen LogP contribution in [0.25, 0.3) is 0 Å². The summed E-state index contributed by atoms with van der Waals surface area (Å²) in [5.41, 5.74) is 0.733. The molecule has 82 valence electrons. The Bertz CT molecular complexity index is 355. The fourth-order valence-electron chi connectivity index (χ4n) is 1.55. The van der Waals surface area contributed by atoms with Crippen LogP contribution in [0.3, 0.4) is 0 Å². The van der Waals surface area contributed by atoms with Gasteiger partial charge in [0.1, 0.15) is 0 Å². The molecular formula is C9H11Cl2N3O. The molecule has 0 amide bonds. The zero-order chi connectivity index (χ0) is 10.8. The molecule has 0 spiro atoms. The maximum absolute atomic E-state index is 5.87. The molecule has 1 aliphatic carbocycles. The van der Waals surface area contributed by atoms with E-state index in [1.807, 2.05) is 0 Å². The summed E-state index contributed by atoms with van der Waals surface area (Å²) in [6.07, 6.45) is 2.31. The van der Waals surface area contributed by atoms with Gasteiger partial charge in [-0.2, -0.15) is 0 Å². The molecule has 0 saturated heterocycles. The maximum Gasteiger partial charge on any atom is 0.174 e. The molecular weight excluding hydrogens is 237 g/mol. The van der Waals surface area contributed by atoms with Gasteiger partial charge < -0.3 is 10.1 Å². The monoisotopic (exact) mass is 247 g/mol. The number of nitrogens with one attached hydrogen (secondary N) is 1. The Morgan fingerprint density at radius 1 is 1.40 bits per heavy atom. The lowest BCUT2D eigenvalue weighted by atomic mass is 9.89. The minimum absolute atomic E-state index is 0.338. The number of hydrogen-bond donors (Lipinski definition) is 1. The van der Waals surface area contributed by atoms with Crippen molar-refractivity contribution in [3.05, 3.63) is 16.4 Å². The minimum Gasteiger partial charge on any atom is -0.381 e. The molecule has 1 fully saturated rings. The highest BCUT2D eigenvalue weighted by molar-refractivity contribution is 6.33. The van der Waals surface area contributed by atoms with Crippen molar-refractivity contribution in [3.63, 3.8) is 0 Å². The Morgan fingerprint density at radius 3 is 2.80 bits per heavy atom. The topological polar surface area (TPSA) is 47.0 Å². The predicted molar refractivity (Wildman–Crippen MR) is 59.5 cm³/mol. The Hall–Kier alpha value is -0.580. The summed E-state index contributed by atoms with van der Waals surface area (Å²) in [5.74, 6) is 0. The molecule has 2 rings (SSSR count). The largest absolute Gasteiger partial charge is 0.381 e. The van der Waals surface area contributed by atoms with Crippen molar-refractivity contribution in [2.75, 3.05) is 12.4 Å². The summed E-state index contributed by atoms with van der Waals surface area (Å²) in [6.45, 7) is 0. The molecule has 0 atom stereocenters. The van der Waals surface area contributed by atoms with Crippen LogP contribution in [0.2, 0.25) is 10.3 Å². The molecule has 0 aromatic carbocycles. The first-order valence-corrected chi connectivity index (χ1v) is 5.42. The first-order chi connectivity index (χ1) is 7.19. The molecule has 6 heteroatoms. The Morgan fingerprint density at radius 2 is 2.13 bits per heavy atom. The van der Waals surface area contributed by atoms with Crippen LogP contribution in [0.15, 0.2) is 6.07 Å². The van der Waals surface area contributed by atoms with Crippen LogP contribution in [0, 0.1) is 0 Å². The number of ether oxygens (including phenoxy) is 1. The first-order valence-electron chi connectivity index (χ1n) is 4.67. The molecule has 1 heterocycles. The minimum atomic E-state index is 0.338. The standard InChI is InChI=1S/C9H11Cl2N3O/c1-15-6-2-5(3-6)12-7-4-8(10)13-14-9(7)11/h4-6H,2-3H2,1H3,(H,12,13). The van der Waals surface area contributed by atoms with Gasteiger partial charge in [-0.3, -0.25) is 0 Å². The van der Waals surface area contributed by atoms with E-state index >= 15 is 0 Å². The first kappa shape index (κ1) is 10.9. The van der Waals surface area contributed by atoms with E-state index in [1.165, 1.54) is 0 Å². The Labute approximate surface area is 97.9 Å². The second kappa shape index (κ2) is 4.51. The van der Waals surface area contributed by atoms with Gasteiger partial charge in [-0.05, 0) is 12.8 Å². The van der Waals surface area contributed by atoms with Gasteiger partial charge in [-0.15, -0.1) is 10.2 Å².